The summed E-state index contributed by atoms with van der Waals surface area (Å²) in [5, 5.41) is 7.44. The third-order valence-corrected chi connectivity index (χ3v) is 3.54. The number of para-hydroxylation sites is 1. The third-order valence-electron chi connectivity index (χ3n) is 3.54. The average Bonchev–Trinajstić information content (AvgIpc) is 2.52. The number of hydrogen-bond donors (Lipinski definition) is 2. The van der Waals surface area contributed by atoms with Crippen molar-refractivity contribution in [1.82, 2.24) is 0 Å². The Morgan fingerprint density at radius 1 is 1.05 bits per heavy atom. The Bertz CT molecular complexity index is 561. The molecule has 0 radical (unpaired) electrons. The van der Waals surface area contributed by atoms with Crippen molar-refractivity contribution >= 4 is 11.5 Å². The maximum absolute atomic E-state index is 7.44. The summed E-state index contributed by atoms with van der Waals surface area (Å²) in [6.45, 7) is 4.14. The van der Waals surface area contributed by atoms with Gasteiger partial charge in [-0.25, -0.2) is 0 Å². The number of rotatable bonds is 7. The molecule has 21 heavy (non-hydrogen) atoms. The number of nitrogens with two attached hydrogens (primary N) is 1. The van der Waals surface area contributed by atoms with Gasteiger partial charge in [-0.05, 0) is 24.1 Å². The van der Waals surface area contributed by atoms with E-state index in [-0.39, 0.29) is 5.84 Å². The molecule has 0 aliphatic rings. The Kier molecular flexibility index (Phi) is 5.38. The summed E-state index contributed by atoms with van der Waals surface area (Å²) < 4.78 is 0. The molecule has 0 heterocycles. The van der Waals surface area contributed by atoms with E-state index in [0.29, 0.717) is 0 Å². The van der Waals surface area contributed by atoms with Gasteiger partial charge in [0.2, 0.25) is 0 Å². The van der Waals surface area contributed by atoms with Crippen molar-refractivity contribution in [3.05, 3.63) is 65.7 Å². The molecule has 2 rings (SSSR count). The molecule has 2 aromatic rings. The number of unbranched alkanes of at least 4 members (excludes halogenated alkanes) is 1. The van der Waals surface area contributed by atoms with E-state index >= 15 is 0 Å². The quantitative estimate of drug-likeness (QED) is 0.599. The number of amidine groups is 1. The van der Waals surface area contributed by atoms with Crippen LogP contribution >= 0.6 is 0 Å². The molecular weight excluding hydrogens is 258 g/mol. The summed E-state index contributed by atoms with van der Waals surface area (Å²) >= 11 is 0. The lowest BCUT2D eigenvalue weighted by Crippen LogP contribution is -2.23. The lowest BCUT2D eigenvalue weighted by atomic mass is 10.1. The molecule has 0 aliphatic heterocycles. The Morgan fingerprint density at radius 3 is 2.29 bits per heavy atom. The first-order valence-electron chi connectivity index (χ1n) is 7.44. The molecule has 0 amide bonds. The molecule has 0 bridgehead atoms. The molecular formula is C18H23N3. The van der Waals surface area contributed by atoms with E-state index in [2.05, 4.69) is 48.2 Å². The smallest absolute Gasteiger partial charge is 0.122 e. The molecule has 3 heteroatoms. The van der Waals surface area contributed by atoms with E-state index in [1.165, 1.54) is 24.1 Å². The topological polar surface area (TPSA) is 53.1 Å². The van der Waals surface area contributed by atoms with Crippen molar-refractivity contribution in [1.29, 1.82) is 5.41 Å². The van der Waals surface area contributed by atoms with Gasteiger partial charge in [0.05, 0.1) is 0 Å². The summed E-state index contributed by atoms with van der Waals surface area (Å²) in [7, 11) is 0. The molecule has 0 aromatic heterocycles. The van der Waals surface area contributed by atoms with Gasteiger partial charge < -0.3 is 10.6 Å². The lowest BCUT2D eigenvalue weighted by molar-refractivity contribution is 0.716. The zero-order valence-electron chi connectivity index (χ0n) is 12.5. The van der Waals surface area contributed by atoms with Gasteiger partial charge in [-0.2, -0.15) is 0 Å². The van der Waals surface area contributed by atoms with E-state index < -0.39 is 0 Å². The fraction of sp³-hybridized carbons (Fsp3) is 0.278. The minimum Gasteiger partial charge on any atom is -0.384 e. The van der Waals surface area contributed by atoms with Gasteiger partial charge in [0.25, 0.3) is 0 Å². The number of nitrogens with zero attached hydrogens (tertiary/aromatic N) is 1. The van der Waals surface area contributed by atoms with Gasteiger partial charge in [0.1, 0.15) is 5.84 Å². The van der Waals surface area contributed by atoms with E-state index in [9.17, 15) is 0 Å². The predicted octanol–water partition coefficient (Wildman–Crippen LogP) is 3.78. The second kappa shape index (κ2) is 7.48. The summed E-state index contributed by atoms with van der Waals surface area (Å²) in [6, 6.07) is 18.4. The maximum atomic E-state index is 7.44. The highest BCUT2D eigenvalue weighted by Crippen LogP contribution is 2.18. The minimum absolute atomic E-state index is 0.118. The van der Waals surface area contributed by atoms with E-state index in [4.69, 9.17) is 11.1 Å². The van der Waals surface area contributed by atoms with Crippen LogP contribution in [0.2, 0.25) is 0 Å². The Balaban J connectivity index is 2.12. The first-order chi connectivity index (χ1) is 10.2. The highest BCUT2D eigenvalue weighted by Gasteiger charge is 2.07. The van der Waals surface area contributed by atoms with Crippen molar-refractivity contribution in [2.24, 2.45) is 5.73 Å². The Hall–Kier alpha value is -2.29. The fourth-order valence-electron chi connectivity index (χ4n) is 2.30. The maximum Gasteiger partial charge on any atom is 0.122 e. The van der Waals surface area contributed by atoms with Crippen molar-refractivity contribution in [3.63, 3.8) is 0 Å². The second-order valence-electron chi connectivity index (χ2n) is 5.22. The largest absolute Gasteiger partial charge is 0.384 e. The van der Waals surface area contributed by atoms with Crippen molar-refractivity contribution in [2.45, 2.75) is 26.3 Å². The molecule has 2 aromatic carbocycles. The number of anilines is 1. The SMILES string of the molecule is CCCCN(Cc1ccc(C(=N)N)cc1)c1ccccc1. The molecule has 0 atom stereocenters. The first-order valence-corrected chi connectivity index (χ1v) is 7.44. The average molecular weight is 281 g/mol. The van der Waals surface area contributed by atoms with Crippen LogP contribution in [0.4, 0.5) is 5.69 Å². The number of hydrogen-bond acceptors (Lipinski definition) is 2. The van der Waals surface area contributed by atoms with Crippen LogP contribution < -0.4 is 10.6 Å². The van der Waals surface area contributed by atoms with Crippen molar-refractivity contribution in [3.8, 4) is 0 Å². The first kappa shape index (κ1) is 15.1. The van der Waals surface area contributed by atoms with Gasteiger partial charge >= 0.3 is 0 Å². The molecule has 3 nitrogen and oxygen atoms in total. The fourth-order valence-corrected chi connectivity index (χ4v) is 2.30. The van der Waals surface area contributed by atoms with Crippen LogP contribution in [-0.2, 0) is 6.54 Å². The molecule has 0 saturated carbocycles. The van der Waals surface area contributed by atoms with Crippen LogP contribution in [0.5, 0.6) is 0 Å². The minimum atomic E-state index is 0.118. The number of benzene rings is 2. The molecule has 0 aliphatic carbocycles. The number of nitrogens with one attached hydrogen (secondary N) is 1. The van der Waals surface area contributed by atoms with Gasteiger partial charge in [-0.15, -0.1) is 0 Å². The summed E-state index contributed by atoms with van der Waals surface area (Å²) in [5.74, 6) is 0.118. The standard InChI is InChI=1S/C18H23N3/c1-2-3-13-21(17-7-5-4-6-8-17)14-15-9-11-16(12-10-15)18(19)20/h4-12H,2-3,13-14H2,1H3,(H3,19,20). The molecule has 110 valence electrons. The van der Waals surface area contributed by atoms with Gasteiger partial charge in [-0.1, -0.05) is 55.8 Å². The van der Waals surface area contributed by atoms with Crippen LogP contribution in [0.1, 0.15) is 30.9 Å². The zero-order chi connectivity index (χ0) is 15.1. The van der Waals surface area contributed by atoms with E-state index in [1.54, 1.807) is 0 Å². The number of nitrogen functional groups attached to an aromatic ring is 1. The third kappa shape index (κ3) is 4.35. The lowest BCUT2D eigenvalue weighted by Gasteiger charge is -2.25. The van der Waals surface area contributed by atoms with Gasteiger partial charge in [0.15, 0.2) is 0 Å². The van der Waals surface area contributed by atoms with Gasteiger partial charge in [0, 0.05) is 24.3 Å². The summed E-state index contributed by atoms with van der Waals surface area (Å²) in [5.41, 5.74) is 8.76. The highest BCUT2D eigenvalue weighted by molar-refractivity contribution is 5.94. The molecule has 0 fully saturated rings. The van der Waals surface area contributed by atoms with Crippen LogP contribution in [0, 0.1) is 5.41 Å². The zero-order valence-corrected chi connectivity index (χ0v) is 12.5. The van der Waals surface area contributed by atoms with Crippen LogP contribution in [-0.4, -0.2) is 12.4 Å². The van der Waals surface area contributed by atoms with Crippen molar-refractivity contribution < 1.29 is 0 Å². The Morgan fingerprint density at radius 2 is 1.71 bits per heavy atom. The summed E-state index contributed by atoms with van der Waals surface area (Å²) in [6.07, 6.45) is 2.37. The Labute approximate surface area is 126 Å². The predicted molar refractivity (Wildman–Crippen MR) is 89.9 cm³/mol. The monoisotopic (exact) mass is 281 g/mol. The molecule has 0 spiro atoms. The second-order valence-corrected chi connectivity index (χ2v) is 5.22. The normalized spacial score (nSPS) is 10.3. The van der Waals surface area contributed by atoms with Crippen LogP contribution in [0.15, 0.2) is 54.6 Å². The molecule has 3 N–H and O–H groups in total. The van der Waals surface area contributed by atoms with Crippen LogP contribution in [0.3, 0.4) is 0 Å². The summed E-state index contributed by atoms with van der Waals surface area (Å²) in [4.78, 5) is 2.40. The van der Waals surface area contributed by atoms with E-state index in [0.717, 1.165) is 18.7 Å². The highest BCUT2D eigenvalue weighted by atomic mass is 15.1. The van der Waals surface area contributed by atoms with Gasteiger partial charge in [-0.3, -0.25) is 5.41 Å². The molecule has 0 saturated heterocycles. The van der Waals surface area contributed by atoms with Crippen molar-refractivity contribution in [2.75, 3.05) is 11.4 Å². The van der Waals surface area contributed by atoms with Crippen LogP contribution in [0.25, 0.3) is 0 Å². The van der Waals surface area contributed by atoms with E-state index in [1.807, 2.05) is 18.2 Å². The molecule has 0 unspecified atom stereocenters.